The van der Waals surface area contributed by atoms with E-state index in [0.29, 0.717) is 32.0 Å². The van der Waals surface area contributed by atoms with Crippen molar-refractivity contribution >= 4 is 34.8 Å². The molecule has 1 atom stereocenters. The first-order valence-corrected chi connectivity index (χ1v) is 10.6. The predicted octanol–water partition coefficient (Wildman–Crippen LogP) is 1.60. The number of nitrogens with two attached hydrogens (primary N) is 1. The number of hydrogen-bond donors (Lipinski definition) is 2. The average Bonchev–Trinajstić information content (AvgIpc) is 3.03. The van der Waals surface area contributed by atoms with E-state index >= 15 is 0 Å². The number of piperazine rings is 1. The largest absolute Gasteiger partial charge is 0.466 e. The van der Waals surface area contributed by atoms with Gasteiger partial charge in [-0.3, -0.25) is 19.3 Å². The number of ether oxygens (including phenoxy) is 1. The molecule has 1 aliphatic rings. The van der Waals surface area contributed by atoms with Gasteiger partial charge in [-0.2, -0.15) is 5.10 Å². The lowest BCUT2D eigenvalue weighted by Gasteiger charge is -2.38. The van der Waals surface area contributed by atoms with Crippen molar-refractivity contribution in [3.05, 3.63) is 23.8 Å². The van der Waals surface area contributed by atoms with Crippen LogP contribution in [0, 0.1) is 0 Å². The second kappa shape index (κ2) is 9.86. The number of urea groups is 1. The maximum absolute atomic E-state index is 12.1. The SMILES string of the molecule is CCOC(=O)CCN(C(N)=O)c1nn(C)c2ccc(CN3CCN(C(=O)O)[C@@H](C)C3)cc12. The molecule has 1 fully saturated rings. The third-order valence-corrected chi connectivity index (χ3v) is 5.63. The number of carboxylic acid groups (broad SMARTS) is 1. The zero-order valence-electron chi connectivity index (χ0n) is 18.7. The lowest BCUT2D eigenvalue weighted by Crippen LogP contribution is -2.53. The number of esters is 1. The van der Waals surface area contributed by atoms with Gasteiger partial charge in [0.2, 0.25) is 0 Å². The van der Waals surface area contributed by atoms with Crippen LogP contribution in [-0.2, 0) is 23.1 Å². The molecule has 3 rings (SSSR count). The van der Waals surface area contributed by atoms with E-state index in [1.54, 1.807) is 18.7 Å². The third kappa shape index (κ3) is 5.10. The first kappa shape index (κ1) is 23.3. The van der Waals surface area contributed by atoms with Crippen molar-refractivity contribution in [1.29, 1.82) is 0 Å². The number of benzene rings is 1. The van der Waals surface area contributed by atoms with Gasteiger partial charge < -0.3 is 20.5 Å². The van der Waals surface area contributed by atoms with Gasteiger partial charge in [-0.15, -0.1) is 0 Å². The number of aryl methyl sites for hydroxylation is 1. The fourth-order valence-electron chi connectivity index (χ4n) is 4.07. The molecule has 1 aliphatic heterocycles. The van der Waals surface area contributed by atoms with Gasteiger partial charge in [-0.1, -0.05) is 6.07 Å². The minimum absolute atomic E-state index is 0.0142. The Morgan fingerprint density at radius 3 is 2.69 bits per heavy atom. The quantitative estimate of drug-likeness (QED) is 0.617. The number of rotatable bonds is 7. The molecule has 2 heterocycles. The number of amides is 3. The highest BCUT2D eigenvalue weighted by Crippen LogP contribution is 2.28. The van der Waals surface area contributed by atoms with Gasteiger partial charge in [0.05, 0.1) is 18.5 Å². The Kier molecular flexibility index (Phi) is 7.18. The summed E-state index contributed by atoms with van der Waals surface area (Å²) in [5, 5.41) is 14.5. The number of fused-ring (bicyclic) bond motifs is 1. The van der Waals surface area contributed by atoms with Crippen LogP contribution in [0.5, 0.6) is 0 Å². The molecule has 3 amide bonds. The van der Waals surface area contributed by atoms with Crippen molar-refractivity contribution in [2.75, 3.05) is 37.7 Å². The summed E-state index contributed by atoms with van der Waals surface area (Å²) >= 11 is 0. The van der Waals surface area contributed by atoms with Gasteiger partial charge in [0.1, 0.15) is 0 Å². The van der Waals surface area contributed by atoms with E-state index in [2.05, 4.69) is 10.00 Å². The molecule has 11 nitrogen and oxygen atoms in total. The normalized spacial score (nSPS) is 16.8. The Morgan fingerprint density at radius 1 is 1.31 bits per heavy atom. The van der Waals surface area contributed by atoms with Gasteiger partial charge in [0.25, 0.3) is 0 Å². The molecule has 0 radical (unpaired) electrons. The summed E-state index contributed by atoms with van der Waals surface area (Å²) in [7, 11) is 1.78. The lowest BCUT2D eigenvalue weighted by atomic mass is 10.1. The predicted molar refractivity (Wildman–Crippen MR) is 118 cm³/mol. The van der Waals surface area contributed by atoms with Crippen molar-refractivity contribution in [2.45, 2.75) is 32.9 Å². The van der Waals surface area contributed by atoms with E-state index in [1.165, 1.54) is 9.80 Å². The van der Waals surface area contributed by atoms with Crippen LogP contribution in [0.25, 0.3) is 10.9 Å². The molecule has 2 aromatic rings. The van der Waals surface area contributed by atoms with E-state index in [1.807, 2.05) is 25.1 Å². The molecule has 0 aliphatic carbocycles. The maximum atomic E-state index is 12.1. The second-order valence-corrected chi connectivity index (χ2v) is 7.90. The van der Waals surface area contributed by atoms with Gasteiger partial charge in [-0.05, 0) is 31.5 Å². The molecule has 0 saturated carbocycles. The molecular weight excluding hydrogens is 416 g/mol. The molecule has 174 valence electrons. The Bertz CT molecular complexity index is 1010. The number of carbonyl (C=O) groups excluding carboxylic acids is 2. The fraction of sp³-hybridized carbons (Fsp3) is 0.524. The average molecular weight is 447 g/mol. The molecule has 0 bridgehead atoms. The monoisotopic (exact) mass is 446 g/mol. The Morgan fingerprint density at radius 2 is 2.06 bits per heavy atom. The van der Waals surface area contributed by atoms with Crippen LogP contribution in [-0.4, -0.2) is 81.6 Å². The molecule has 32 heavy (non-hydrogen) atoms. The van der Waals surface area contributed by atoms with Crippen molar-refractivity contribution in [1.82, 2.24) is 19.6 Å². The number of aromatic nitrogens is 2. The van der Waals surface area contributed by atoms with E-state index in [4.69, 9.17) is 10.5 Å². The van der Waals surface area contributed by atoms with E-state index < -0.39 is 18.1 Å². The van der Waals surface area contributed by atoms with Crippen molar-refractivity contribution < 1.29 is 24.2 Å². The molecule has 1 saturated heterocycles. The fourth-order valence-corrected chi connectivity index (χ4v) is 4.07. The van der Waals surface area contributed by atoms with Crippen LogP contribution in [0.4, 0.5) is 15.4 Å². The third-order valence-electron chi connectivity index (χ3n) is 5.63. The van der Waals surface area contributed by atoms with Crippen molar-refractivity contribution in [2.24, 2.45) is 12.8 Å². The summed E-state index contributed by atoms with van der Waals surface area (Å²) < 4.78 is 6.62. The van der Waals surface area contributed by atoms with Crippen LogP contribution in [0.15, 0.2) is 18.2 Å². The number of carbonyl (C=O) groups is 3. The maximum Gasteiger partial charge on any atom is 0.407 e. The highest BCUT2D eigenvalue weighted by Gasteiger charge is 2.27. The molecule has 11 heteroatoms. The van der Waals surface area contributed by atoms with Gasteiger partial charge in [0, 0.05) is 51.2 Å². The topological polar surface area (TPSA) is 134 Å². The Labute approximate surface area is 186 Å². The van der Waals surface area contributed by atoms with E-state index in [-0.39, 0.29) is 25.6 Å². The summed E-state index contributed by atoms with van der Waals surface area (Å²) in [6, 6.07) is 5.11. The first-order chi connectivity index (χ1) is 15.2. The zero-order valence-corrected chi connectivity index (χ0v) is 18.7. The molecule has 0 unspecified atom stereocenters. The Balaban J connectivity index is 1.81. The second-order valence-electron chi connectivity index (χ2n) is 7.90. The first-order valence-electron chi connectivity index (χ1n) is 10.6. The van der Waals surface area contributed by atoms with Gasteiger partial charge >= 0.3 is 18.1 Å². The smallest absolute Gasteiger partial charge is 0.407 e. The highest BCUT2D eigenvalue weighted by atomic mass is 16.5. The van der Waals surface area contributed by atoms with E-state index in [0.717, 1.165) is 16.5 Å². The molecule has 1 aromatic carbocycles. The highest BCUT2D eigenvalue weighted by molar-refractivity contribution is 6.00. The number of nitrogens with zero attached hydrogens (tertiary/aromatic N) is 5. The standard InChI is InChI=1S/C21H30N6O5/c1-4-32-18(28)7-8-27(20(22)29)19-16-11-15(5-6-17(16)24(3)23-19)13-25-9-10-26(21(30)31)14(2)12-25/h5-6,11,14H,4,7-10,12-13H2,1-3H3,(H2,22,29)(H,30,31)/t14-/m0/s1. The summed E-state index contributed by atoms with van der Waals surface area (Å²) in [5.41, 5.74) is 7.43. The summed E-state index contributed by atoms with van der Waals surface area (Å²) in [4.78, 5) is 40.1. The molecule has 1 aromatic heterocycles. The summed E-state index contributed by atoms with van der Waals surface area (Å²) in [6.07, 6.45) is -0.881. The minimum Gasteiger partial charge on any atom is -0.466 e. The van der Waals surface area contributed by atoms with Crippen LogP contribution in [0.3, 0.4) is 0 Å². The van der Waals surface area contributed by atoms with Crippen molar-refractivity contribution in [3.63, 3.8) is 0 Å². The van der Waals surface area contributed by atoms with Crippen molar-refractivity contribution in [3.8, 4) is 0 Å². The van der Waals surface area contributed by atoms with Gasteiger partial charge in [0.15, 0.2) is 5.82 Å². The molecule has 3 N–H and O–H groups in total. The van der Waals surface area contributed by atoms with Crippen LogP contribution in [0.1, 0.15) is 25.8 Å². The zero-order chi connectivity index (χ0) is 23.4. The molecular formula is C21H30N6O5. The number of anilines is 1. The number of primary amides is 1. The van der Waals surface area contributed by atoms with Crippen LogP contribution in [0.2, 0.25) is 0 Å². The minimum atomic E-state index is -0.895. The van der Waals surface area contributed by atoms with Crippen LogP contribution < -0.4 is 10.6 Å². The summed E-state index contributed by atoms with van der Waals surface area (Å²) in [6.45, 7) is 6.33. The molecule has 0 spiro atoms. The number of hydrogen-bond acceptors (Lipinski definition) is 6. The Hall–Kier alpha value is -3.34. The van der Waals surface area contributed by atoms with E-state index in [9.17, 15) is 19.5 Å². The summed E-state index contributed by atoms with van der Waals surface area (Å²) in [5.74, 6) is -0.0143. The lowest BCUT2D eigenvalue weighted by molar-refractivity contribution is -0.142. The van der Waals surface area contributed by atoms with Gasteiger partial charge in [-0.25, -0.2) is 9.59 Å². The van der Waals surface area contributed by atoms with Crippen LogP contribution >= 0.6 is 0 Å².